The number of hydrogen-bond donors (Lipinski definition) is 1. The summed E-state index contributed by atoms with van der Waals surface area (Å²) in [5.74, 6) is -0.728. The Bertz CT molecular complexity index is 1030. The van der Waals surface area contributed by atoms with Crippen LogP contribution in [-0.4, -0.2) is 39.1 Å². The third-order valence-corrected chi connectivity index (χ3v) is 4.49. The van der Waals surface area contributed by atoms with Crippen molar-refractivity contribution in [3.63, 3.8) is 0 Å². The third kappa shape index (κ3) is 4.16. The number of ether oxygens (including phenoxy) is 1. The maximum Gasteiger partial charge on any atom is 0.338 e. The van der Waals surface area contributed by atoms with Gasteiger partial charge in [0.25, 0.3) is 0 Å². The Balaban J connectivity index is 1.34. The monoisotopic (exact) mass is 390 g/mol. The molecule has 1 aliphatic rings. The molecule has 8 heteroatoms. The van der Waals surface area contributed by atoms with Gasteiger partial charge in [-0.3, -0.25) is 9.69 Å². The van der Waals surface area contributed by atoms with E-state index in [2.05, 4.69) is 10.4 Å². The lowest BCUT2D eigenvalue weighted by molar-refractivity contribution is -0.125. The lowest BCUT2D eigenvalue weighted by atomic mass is 10.1. The number of amides is 3. The van der Waals surface area contributed by atoms with Crippen molar-refractivity contribution in [1.82, 2.24) is 20.0 Å². The number of carbonyl (C=O) groups excluding carboxylic acids is 3. The van der Waals surface area contributed by atoms with E-state index < -0.39 is 12.0 Å². The molecule has 3 aromatic rings. The van der Waals surface area contributed by atoms with E-state index in [0.717, 1.165) is 21.7 Å². The summed E-state index contributed by atoms with van der Waals surface area (Å²) in [6.07, 6.45) is 3.46. The molecule has 29 heavy (non-hydrogen) atoms. The van der Waals surface area contributed by atoms with Gasteiger partial charge in [-0.2, -0.15) is 5.10 Å². The van der Waals surface area contributed by atoms with Crippen LogP contribution in [0.2, 0.25) is 0 Å². The number of rotatable bonds is 6. The smallest absolute Gasteiger partial charge is 0.338 e. The van der Waals surface area contributed by atoms with Gasteiger partial charge in [-0.05, 0) is 29.8 Å². The van der Waals surface area contributed by atoms with Gasteiger partial charge in [0.15, 0.2) is 0 Å². The molecule has 0 aliphatic carbocycles. The average Bonchev–Trinajstić information content (AvgIpc) is 3.35. The number of imide groups is 1. The number of urea groups is 1. The van der Waals surface area contributed by atoms with Crippen LogP contribution in [0.3, 0.4) is 0 Å². The number of carbonyl (C=O) groups is 3. The normalized spacial score (nSPS) is 13.4. The number of para-hydroxylation sites is 1. The molecular weight excluding hydrogens is 372 g/mol. The number of nitrogens with one attached hydrogen (secondary N) is 1. The van der Waals surface area contributed by atoms with Crippen LogP contribution < -0.4 is 5.32 Å². The van der Waals surface area contributed by atoms with Gasteiger partial charge in [0.05, 0.1) is 30.5 Å². The van der Waals surface area contributed by atoms with Crippen LogP contribution in [0.1, 0.15) is 21.5 Å². The van der Waals surface area contributed by atoms with E-state index in [1.54, 1.807) is 35.1 Å². The molecule has 0 spiro atoms. The average molecular weight is 390 g/mol. The number of aromatic nitrogens is 2. The van der Waals surface area contributed by atoms with Crippen molar-refractivity contribution in [2.24, 2.45) is 0 Å². The zero-order valence-electron chi connectivity index (χ0n) is 15.4. The van der Waals surface area contributed by atoms with Crippen LogP contribution in [0.15, 0.2) is 67.0 Å². The van der Waals surface area contributed by atoms with E-state index in [4.69, 9.17) is 4.74 Å². The SMILES string of the molecule is O=C(OCc1cnn(-c2ccccc2)c1)c1ccc(CN2C(=O)CNC2=O)cc1. The first-order chi connectivity index (χ1) is 14.1. The first kappa shape index (κ1) is 18.4. The van der Waals surface area contributed by atoms with Gasteiger partial charge in [-0.1, -0.05) is 30.3 Å². The van der Waals surface area contributed by atoms with E-state index in [1.165, 1.54) is 0 Å². The molecular formula is C21H18N4O4. The first-order valence-electron chi connectivity index (χ1n) is 9.03. The van der Waals surface area contributed by atoms with Gasteiger partial charge < -0.3 is 10.1 Å². The maximum absolute atomic E-state index is 12.3. The predicted molar refractivity (Wildman–Crippen MR) is 103 cm³/mol. The summed E-state index contributed by atoms with van der Waals surface area (Å²) in [5.41, 5.74) is 2.83. The molecule has 1 aliphatic heterocycles. The van der Waals surface area contributed by atoms with E-state index in [9.17, 15) is 14.4 Å². The summed E-state index contributed by atoms with van der Waals surface area (Å²) in [7, 11) is 0. The summed E-state index contributed by atoms with van der Waals surface area (Å²) in [6, 6.07) is 15.9. The number of nitrogens with zero attached hydrogens (tertiary/aromatic N) is 3. The van der Waals surface area contributed by atoms with Gasteiger partial charge in [-0.25, -0.2) is 14.3 Å². The molecule has 0 atom stereocenters. The minimum atomic E-state index is -0.459. The predicted octanol–water partition coefficient (Wildman–Crippen LogP) is 2.28. The van der Waals surface area contributed by atoms with Crippen LogP contribution in [0.25, 0.3) is 5.69 Å². The number of esters is 1. The van der Waals surface area contributed by atoms with E-state index in [1.807, 2.05) is 36.5 Å². The highest BCUT2D eigenvalue weighted by atomic mass is 16.5. The van der Waals surface area contributed by atoms with Crippen molar-refractivity contribution in [2.45, 2.75) is 13.2 Å². The highest BCUT2D eigenvalue weighted by Gasteiger charge is 2.28. The van der Waals surface area contributed by atoms with Gasteiger partial charge in [0.1, 0.15) is 6.61 Å². The zero-order valence-corrected chi connectivity index (χ0v) is 15.4. The van der Waals surface area contributed by atoms with Gasteiger partial charge in [0, 0.05) is 11.8 Å². The lowest BCUT2D eigenvalue weighted by Gasteiger charge is -2.12. The van der Waals surface area contributed by atoms with Crippen molar-refractivity contribution in [3.05, 3.63) is 83.7 Å². The summed E-state index contributed by atoms with van der Waals surface area (Å²) in [5, 5.41) is 6.74. The summed E-state index contributed by atoms with van der Waals surface area (Å²) in [4.78, 5) is 36.6. The second-order valence-corrected chi connectivity index (χ2v) is 6.54. The minimum Gasteiger partial charge on any atom is -0.457 e. The molecule has 1 saturated heterocycles. The molecule has 2 aromatic carbocycles. The molecule has 1 N–H and O–H groups in total. The lowest BCUT2D eigenvalue weighted by Crippen LogP contribution is -2.30. The van der Waals surface area contributed by atoms with Crippen molar-refractivity contribution >= 4 is 17.9 Å². The Kier molecular flexibility index (Phi) is 5.07. The van der Waals surface area contributed by atoms with Crippen LogP contribution >= 0.6 is 0 Å². The van der Waals surface area contributed by atoms with Crippen LogP contribution in [0.4, 0.5) is 4.79 Å². The highest BCUT2D eigenvalue weighted by molar-refractivity contribution is 6.01. The Morgan fingerprint density at radius 3 is 2.48 bits per heavy atom. The Morgan fingerprint density at radius 1 is 1.03 bits per heavy atom. The zero-order chi connectivity index (χ0) is 20.2. The quantitative estimate of drug-likeness (QED) is 0.515. The fourth-order valence-corrected chi connectivity index (χ4v) is 2.93. The molecule has 8 nitrogen and oxygen atoms in total. The Hall–Kier alpha value is -3.94. The molecule has 0 radical (unpaired) electrons. The summed E-state index contributed by atoms with van der Waals surface area (Å²) < 4.78 is 7.07. The standard InChI is InChI=1S/C21H18N4O4/c26-19-11-22-21(28)24(19)12-15-6-8-17(9-7-15)20(27)29-14-16-10-23-25(13-16)18-4-2-1-3-5-18/h1-10,13H,11-12,14H2,(H,22,28). The van der Waals surface area contributed by atoms with E-state index in [-0.39, 0.29) is 25.6 Å². The van der Waals surface area contributed by atoms with Crippen molar-refractivity contribution in [3.8, 4) is 5.69 Å². The topological polar surface area (TPSA) is 93.5 Å². The maximum atomic E-state index is 12.3. The van der Waals surface area contributed by atoms with Crippen molar-refractivity contribution in [1.29, 1.82) is 0 Å². The molecule has 0 saturated carbocycles. The molecule has 2 heterocycles. The fourth-order valence-electron chi connectivity index (χ4n) is 2.93. The largest absolute Gasteiger partial charge is 0.457 e. The first-order valence-corrected chi connectivity index (χ1v) is 9.03. The molecule has 1 aromatic heterocycles. The number of hydrogen-bond acceptors (Lipinski definition) is 5. The van der Waals surface area contributed by atoms with Gasteiger partial charge >= 0.3 is 12.0 Å². The van der Waals surface area contributed by atoms with E-state index in [0.29, 0.717) is 5.56 Å². The second kappa shape index (κ2) is 7.97. The van der Waals surface area contributed by atoms with Crippen LogP contribution in [0, 0.1) is 0 Å². The van der Waals surface area contributed by atoms with Crippen LogP contribution in [-0.2, 0) is 22.7 Å². The minimum absolute atomic E-state index is 0.0180. The molecule has 1 fully saturated rings. The van der Waals surface area contributed by atoms with Gasteiger partial charge in [0.2, 0.25) is 5.91 Å². The third-order valence-electron chi connectivity index (χ3n) is 4.49. The van der Waals surface area contributed by atoms with Crippen LogP contribution in [0.5, 0.6) is 0 Å². The summed E-state index contributed by atoms with van der Waals surface area (Å²) >= 11 is 0. The molecule has 0 unspecified atom stereocenters. The molecule has 0 bridgehead atoms. The highest BCUT2D eigenvalue weighted by Crippen LogP contribution is 2.13. The van der Waals surface area contributed by atoms with Crippen molar-refractivity contribution < 1.29 is 19.1 Å². The Labute approximate surface area is 166 Å². The molecule has 3 amide bonds. The van der Waals surface area contributed by atoms with Gasteiger partial charge in [-0.15, -0.1) is 0 Å². The fraction of sp³-hybridized carbons (Fsp3) is 0.143. The molecule has 146 valence electrons. The Morgan fingerprint density at radius 2 is 1.79 bits per heavy atom. The molecule has 4 rings (SSSR count). The van der Waals surface area contributed by atoms with E-state index >= 15 is 0 Å². The van der Waals surface area contributed by atoms with Crippen molar-refractivity contribution in [2.75, 3.05) is 6.54 Å². The second-order valence-electron chi connectivity index (χ2n) is 6.54. The number of benzene rings is 2. The summed E-state index contributed by atoms with van der Waals surface area (Å²) in [6.45, 7) is 0.290.